The lowest BCUT2D eigenvalue weighted by atomic mass is 10.1. The predicted octanol–water partition coefficient (Wildman–Crippen LogP) is 0.890. The zero-order valence-corrected chi connectivity index (χ0v) is 9.64. The first-order valence-corrected chi connectivity index (χ1v) is 5.88. The third-order valence-electron chi connectivity index (χ3n) is 3.63. The molecule has 2 amide bonds. The third kappa shape index (κ3) is 1.41. The van der Waals surface area contributed by atoms with Crippen LogP contribution in [0.25, 0.3) is 0 Å². The molecule has 2 aliphatic rings. The van der Waals surface area contributed by atoms with Crippen molar-refractivity contribution < 1.29 is 9.59 Å². The Hall–Kier alpha value is -1.68. The summed E-state index contributed by atoms with van der Waals surface area (Å²) in [6.07, 6.45) is 0. The SMILES string of the molecule is CC1CNCC1N1C(=O)c2ccccc2C1=O. The van der Waals surface area contributed by atoms with Gasteiger partial charge in [0.25, 0.3) is 11.8 Å². The van der Waals surface area contributed by atoms with Crippen LogP contribution in [0.4, 0.5) is 0 Å². The zero-order chi connectivity index (χ0) is 12.0. The summed E-state index contributed by atoms with van der Waals surface area (Å²) in [6, 6.07) is 7.03. The number of imide groups is 1. The summed E-state index contributed by atoms with van der Waals surface area (Å²) in [5.74, 6) is 0.0227. The molecular weight excluding hydrogens is 216 g/mol. The second kappa shape index (κ2) is 3.67. The maximum Gasteiger partial charge on any atom is 0.261 e. The Morgan fingerprint density at radius 3 is 2.18 bits per heavy atom. The molecule has 1 saturated heterocycles. The topological polar surface area (TPSA) is 49.4 Å². The van der Waals surface area contributed by atoms with Crippen molar-refractivity contribution in [3.63, 3.8) is 0 Å². The van der Waals surface area contributed by atoms with E-state index in [0.717, 1.165) is 6.54 Å². The van der Waals surface area contributed by atoms with Crippen LogP contribution in [0, 0.1) is 5.92 Å². The lowest BCUT2D eigenvalue weighted by molar-refractivity contribution is 0.0568. The quantitative estimate of drug-likeness (QED) is 0.729. The van der Waals surface area contributed by atoms with Gasteiger partial charge in [-0.1, -0.05) is 19.1 Å². The van der Waals surface area contributed by atoms with Crippen molar-refractivity contribution in [3.05, 3.63) is 35.4 Å². The van der Waals surface area contributed by atoms with Crippen molar-refractivity contribution >= 4 is 11.8 Å². The van der Waals surface area contributed by atoms with E-state index in [1.807, 2.05) is 0 Å². The summed E-state index contributed by atoms with van der Waals surface area (Å²) < 4.78 is 0. The largest absolute Gasteiger partial charge is 0.314 e. The van der Waals surface area contributed by atoms with Crippen LogP contribution in [-0.4, -0.2) is 35.8 Å². The molecule has 0 saturated carbocycles. The average molecular weight is 230 g/mol. The Kier molecular flexibility index (Phi) is 2.26. The molecule has 0 aromatic heterocycles. The maximum atomic E-state index is 12.2. The minimum Gasteiger partial charge on any atom is -0.314 e. The Morgan fingerprint density at radius 1 is 1.12 bits per heavy atom. The summed E-state index contributed by atoms with van der Waals surface area (Å²) in [4.78, 5) is 25.9. The summed E-state index contributed by atoms with van der Waals surface area (Å²) in [5, 5.41) is 3.22. The lowest BCUT2D eigenvalue weighted by Crippen LogP contribution is -2.43. The van der Waals surface area contributed by atoms with Gasteiger partial charge in [-0.25, -0.2) is 0 Å². The summed E-state index contributed by atoms with van der Waals surface area (Å²) in [7, 11) is 0. The molecule has 0 aliphatic carbocycles. The molecule has 3 rings (SSSR count). The predicted molar refractivity (Wildman–Crippen MR) is 62.8 cm³/mol. The number of hydrogen-bond donors (Lipinski definition) is 1. The van der Waals surface area contributed by atoms with Crippen LogP contribution in [0.3, 0.4) is 0 Å². The van der Waals surface area contributed by atoms with E-state index in [1.54, 1.807) is 24.3 Å². The molecular formula is C13H14N2O2. The highest BCUT2D eigenvalue weighted by atomic mass is 16.2. The van der Waals surface area contributed by atoms with Crippen molar-refractivity contribution in [1.82, 2.24) is 10.2 Å². The Labute approximate surface area is 99.6 Å². The fourth-order valence-electron chi connectivity index (χ4n) is 2.65. The molecule has 4 heteroatoms. The van der Waals surface area contributed by atoms with E-state index in [2.05, 4.69) is 12.2 Å². The molecule has 2 atom stereocenters. The fourth-order valence-corrected chi connectivity index (χ4v) is 2.65. The number of hydrogen-bond acceptors (Lipinski definition) is 3. The van der Waals surface area contributed by atoms with Crippen LogP contribution >= 0.6 is 0 Å². The number of carbonyl (C=O) groups excluding carboxylic acids is 2. The molecule has 4 nitrogen and oxygen atoms in total. The van der Waals surface area contributed by atoms with Gasteiger partial charge in [0, 0.05) is 6.54 Å². The number of fused-ring (bicyclic) bond motifs is 1. The molecule has 2 aliphatic heterocycles. The van der Waals surface area contributed by atoms with E-state index in [-0.39, 0.29) is 17.9 Å². The molecule has 0 spiro atoms. The van der Waals surface area contributed by atoms with Gasteiger partial charge in [0.05, 0.1) is 17.2 Å². The van der Waals surface area contributed by atoms with Gasteiger partial charge in [-0.15, -0.1) is 0 Å². The molecule has 1 fully saturated rings. The van der Waals surface area contributed by atoms with E-state index >= 15 is 0 Å². The highest BCUT2D eigenvalue weighted by molar-refractivity contribution is 6.21. The number of nitrogens with zero attached hydrogens (tertiary/aromatic N) is 1. The monoisotopic (exact) mass is 230 g/mol. The molecule has 2 unspecified atom stereocenters. The fraction of sp³-hybridized carbons (Fsp3) is 0.385. The first kappa shape index (κ1) is 10.5. The van der Waals surface area contributed by atoms with Gasteiger partial charge in [0.1, 0.15) is 0 Å². The van der Waals surface area contributed by atoms with Gasteiger partial charge >= 0.3 is 0 Å². The summed E-state index contributed by atoms with van der Waals surface area (Å²) >= 11 is 0. The molecule has 1 aromatic rings. The Balaban J connectivity index is 2.00. The number of nitrogens with one attached hydrogen (secondary N) is 1. The minimum absolute atomic E-state index is 0.0117. The van der Waals surface area contributed by atoms with Crippen molar-refractivity contribution in [2.75, 3.05) is 13.1 Å². The average Bonchev–Trinajstić information content (AvgIpc) is 2.84. The Morgan fingerprint density at radius 2 is 1.71 bits per heavy atom. The van der Waals surface area contributed by atoms with Crippen molar-refractivity contribution in [1.29, 1.82) is 0 Å². The molecule has 0 bridgehead atoms. The van der Waals surface area contributed by atoms with Gasteiger partial charge in [0.15, 0.2) is 0 Å². The first-order chi connectivity index (χ1) is 8.20. The van der Waals surface area contributed by atoms with Crippen LogP contribution in [0.15, 0.2) is 24.3 Å². The summed E-state index contributed by atoms with van der Waals surface area (Å²) in [6.45, 7) is 3.62. The Bertz CT molecular complexity index is 463. The van der Waals surface area contributed by atoms with Crippen LogP contribution in [0.2, 0.25) is 0 Å². The second-order valence-corrected chi connectivity index (χ2v) is 4.73. The van der Waals surface area contributed by atoms with Crippen LogP contribution in [0.1, 0.15) is 27.6 Å². The first-order valence-electron chi connectivity index (χ1n) is 5.88. The third-order valence-corrected chi connectivity index (χ3v) is 3.63. The van der Waals surface area contributed by atoms with Crippen molar-refractivity contribution in [2.45, 2.75) is 13.0 Å². The molecule has 1 aromatic carbocycles. The van der Waals surface area contributed by atoms with Gasteiger partial charge in [-0.3, -0.25) is 14.5 Å². The van der Waals surface area contributed by atoms with Gasteiger partial charge in [0.2, 0.25) is 0 Å². The van der Waals surface area contributed by atoms with Crippen LogP contribution < -0.4 is 5.32 Å². The van der Waals surface area contributed by atoms with Gasteiger partial charge < -0.3 is 5.32 Å². The number of amides is 2. The van der Waals surface area contributed by atoms with Crippen LogP contribution in [-0.2, 0) is 0 Å². The smallest absolute Gasteiger partial charge is 0.261 e. The van der Waals surface area contributed by atoms with E-state index in [4.69, 9.17) is 0 Å². The highest BCUT2D eigenvalue weighted by Gasteiger charge is 2.42. The van der Waals surface area contributed by atoms with Gasteiger partial charge in [-0.2, -0.15) is 0 Å². The number of carbonyl (C=O) groups is 2. The standard InChI is InChI=1S/C13H14N2O2/c1-8-6-14-7-11(8)15-12(16)9-4-2-3-5-10(9)13(15)17/h2-5,8,11,14H,6-7H2,1H3. The van der Waals surface area contributed by atoms with Gasteiger partial charge in [-0.05, 0) is 24.6 Å². The molecule has 1 N–H and O–H groups in total. The summed E-state index contributed by atoms with van der Waals surface area (Å²) in [5.41, 5.74) is 1.08. The normalized spacial score (nSPS) is 27.7. The second-order valence-electron chi connectivity index (χ2n) is 4.73. The molecule has 88 valence electrons. The lowest BCUT2D eigenvalue weighted by Gasteiger charge is -2.24. The maximum absolute atomic E-state index is 12.2. The van der Waals surface area contributed by atoms with Crippen molar-refractivity contribution in [3.8, 4) is 0 Å². The van der Waals surface area contributed by atoms with E-state index in [9.17, 15) is 9.59 Å². The minimum atomic E-state index is -0.147. The van der Waals surface area contributed by atoms with E-state index in [1.165, 1.54) is 4.90 Å². The highest BCUT2D eigenvalue weighted by Crippen LogP contribution is 2.28. The molecule has 2 heterocycles. The number of benzene rings is 1. The molecule has 0 radical (unpaired) electrons. The van der Waals surface area contributed by atoms with Crippen LogP contribution in [0.5, 0.6) is 0 Å². The van der Waals surface area contributed by atoms with E-state index in [0.29, 0.717) is 23.6 Å². The van der Waals surface area contributed by atoms with Crippen molar-refractivity contribution in [2.24, 2.45) is 5.92 Å². The van der Waals surface area contributed by atoms with E-state index < -0.39 is 0 Å². The zero-order valence-electron chi connectivity index (χ0n) is 9.64. The number of rotatable bonds is 1. The molecule has 17 heavy (non-hydrogen) atoms.